The molecule has 2 atom stereocenters. The summed E-state index contributed by atoms with van der Waals surface area (Å²) in [4.78, 5) is 0.247. The predicted octanol–water partition coefficient (Wildman–Crippen LogP) is 3.91. The lowest BCUT2D eigenvalue weighted by Crippen LogP contribution is -2.16. The summed E-state index contributed by atoms with van der Waals surface area (Å²) in [6.07, 6.45) is 0.0295. The number of benzene rings is 1. The van der Waals surface area contributed by atoms with Gasteiger partial charge in [0.05, 0.1) is 6.10 Å². The van der Waals surface area contributed by atoms with Crippen molar-refractivity contribution in [2.24, 2.45) is 5.92 Å². The highest BCUT2D eigenvalue weighted by Gasteiger charge is 2.22. The molecule has 3 nitrogen and oxygen atoms in total. The topological polar surface area (TPSA) is 27.7 Å². The third kappa shape index (κ3) is 3.18. The first-order valence-electron chi connectivity index (χ1n) is 6.23. The Morgan fingerprint density at radius 2 is 1.94 bits per heavy atom. The Morgan fingerprint density at radius 3 is 2.61 bits per heavy atom. The van der Waals surface area contributed by atoms with Gasteiger partial charge in [-0.2, -0.15) is 0 Å². The lowest BCUT2D eigenvalue weighted by Gasteiger charge is -2.22. The molecule has 100 valence electrons. The van der Waals surface area contributed by atoms with Crippen molar-refractivity contribution in [3.8, 4) is 11.5 Å². The lowest BCUT2D eigenvalue weighted by atomic mass is 10.1. The first kappa shape index (κ1) is 13.7. The van der Waals surface area contributed by atoms with Crippen molar-refractivity contribution in [3.05, 3.63) is 23.8 Å². The fourth-order valence-electron chi connectivity index (χ4n) is 1.88. The van der Waals surface area contributed by atoms with Gasteiger partial charge in [-0.25, -0.2) is 0 Å². The highest BCUT2D eigenvalue weighted by molar-refractivity contribution is 9.09. The van der Waals surface area contributed by atoms with E-state index in [1.807, 2.05) is 18.2 Å². The summed E-state index contributed by atoms with van der Waals surface area (Å²) in [7, 11) is 0. The van der Waals surface area contributed by atoms with Gasteiger partial charge >= 0.3 is 0 Å². The maximum atomic E-state index is 5.97. The van der Waals surface area contributed by atoms with E-state index in [2.05, 4.69) is 36.7 Å². The molecule has 0 aliphatic carbocycles. The highest BCUT2D eigenvalue weighted by Crippen LogP contribution is 2.36. The number of alkyl halides is 1. The fourth-order valence-corrected chi connectivity index (χ4v) is 2.34. The molecule has 1 aliphatic heterocycles. The molecule has 0 unspecified atom stereocenters. The molecule has 0 saturated heterocycles. The van der Waals surface area contributed by atoms with Crippen LogP contribution in [0.1, 0.15) is 32.4 Å². The van der Waals surface area contributed by atoms with Crippen LogP contribution >= 0.6 is 15.9 Å². The van der Waals surface area contributed by atoms with Gasteiger partial charge in [0.25, 0.3) is 0 Å². The van der Waals surface area contributed by atoms with Crippen LogP contribution < -0.4 is 9.47 Å². The van der Waals surface area contributed by atoms with Crippen molar-refractivity contribution in [3.63, 3.8) is 0 Å². The maximum absolute atomic E-state index is 5.97. The summed E-state index contributed by atoms with van der Waals surface area (Å²) in [6.45, 7) is 7.44. The molecular weight excluding hydrogens is 296 g/mol. The van der Waals surface area contributed by atoms with Crippen molar-refractivity contribution in [2.45, 2.75) is 31.7 Å². The van der Waals surface area contributed by atoms with Gasteiger partial charge in [-0.1, -0.05) is 35.8 Å². The highest BCUT2D eigenvalue weighted by atomic mass is 79.9. The summed E-state index contributed by atoms with van der Waals surface area (Å²) in [6, 6.07) is 5.99. The Kier molecular flexibility index (Phi) is 4.51. The standard InChI is InChI=1S/C14H19BrO3/c1-9(2)7-16-14(10(3)15)11-4-5-12-13(6-11)18-8-17-12/h4-6,9-10,14H,7-8H2,1-3H3/t10-,14+/m1/s1. The minimum atomic E-state index is 0.0295. The summed E-state index contributed by atoms with van der Waals surface area (Å²) >= 11 is 3.61. The van der Waals surface area contributed by atoms with Crippen molar-refractivity contribution >= 4 is 15.9 Å². The SMILES string of the molecule is CC(C)CO[C@H](c1ccc2c(c1)OCO2)[C@@H](C)Br. The molecule has 0 radical (unpaired) electrons. The molecule has 1 aromatic rings. The molecular formula is C14H19BrO3. The smallest absolute Gasteiger partial charge is 0.231 e. The Balaban J connectivity index is 2.15. The second kappa shape index (κ2) is 5.93. The molecule has 0 bridgehead atoms. The van der Waals surface area contributed by atoms with Gasteiger partial charge in [-0.3, -0.25) is 0 Å². The van der Waals surface area contributed by atoms with Gasteiger partial charge in [0.1, 0.15) is 0 Å². The van der Waals surface area contributed by atoms with E-state index in [-0.39, 0.29) is 10.9 Å². The quantitative estimate of drug-likeness (QED) is 0.771. The van der Waals surface area contributed by atoms with E-state index in [1.54, 1.807) is 0 Å². The number of halogens is 1. The Bertz CT molecular complexity index is 404. The molecule has 0 saturated carbocycles. The molecule has 4 heteroatoms. The molecule has 0 amide bonds. The summed E-state index contributed by atoms with van der Waals surface area (Å²) in [5.41, 5.74) is 1.12. The molecule has 0 aromatic heterocycles. The van der Waals surface area contributed by atoms with Crippen LogP contribution in [0.3, 0.4) is 0 Å². The molecule has 1 aliphatic rings. The number of fused-ring (bicyclic) bond motifs is 1. The molecule has 2 rings (SSSR count). The van der Waals surface area contributed by atoms with Crippen LogP contribution in [-0.2, 0) is 4.74 Å². The molecule has 1 heterocycles. The van der Waals surface area contributed by atoms with Gasteiger partial charge in [0, 0.05) is 11.4 Å². The molecule has 0 fully saturated rings. The third-order valence-corrected chi connectivity index (χ3v) is 3.23. The van der Waals surface area contributed by atoms with Gasteiger partial charge in [0.15, 0.2) is 11.5 Å². The summed E-state index contributed by atoms with van der Waals surface area (Å²) < 4.78 is 16.7. The number of ether oxygens (including phenoxy) is 3. The number of rotatable bonds is 5. The predicted molar refractivity (Wildman–Crippen MR) is 74.5 cm³/mol. The monoisotopic (exact) mass is 314 g/mol. The van der Waals surface area contributed by atoms with Crippen molar-refractivity contribution in [1.82, 2.24) is 0 Å². The van der Waals surface area contributed by atoms with Crippen LogP contribution in [0.25, 0.3) is 0 Å². The van der Waals surface area contributed by atoms with E-state index in [0.717, 1.165) is 23.7 Å². The van der Waals surface area contributed by atoms with Crippen LogP contribution in [0.15, 0.2) is 18.2 Å². The normalized spacial score (nSPS) is 16.9. The van der Waals surface area contributed by atoms with E-state index in [4.69, 9.17) is 14.2 Å². The van der Waals surface area contributed by atoms with Gasteiger partial charge < -0.3 is 14.2 Å². The van der Waals surface area contributed by atoms with Crippen molar-refractivity contribution in [2.75, 3.05) is 13.4 Å². The zero-order chi connectivity index (χ0) is 13.1. The van der Waals surface area contributed by atoms with Crippen LogP contribution in [0, 0.1) is 5.92 Å². The maximum Gasteiger partial charge on any atom is 0.231 e. The van der Waals surface area contributed by atoms with Crippen molar-refractivity contribution < 1.29 is 14.2 Å². The van der Waals surface area contributed by atoms with E-state index in [1.165, 1.54) is 0 Å². The molecule has 0 spiro atoms. The second-order valence-corrected chi connectivity index (χ2v) is 6.38. The largest absolute Gasteiger partial charge is 0.454 e. The van der Waals surface area contributed by atoms with Gasteiger partial charge in [-0.15, -0.1) is 0 Å². The average molecular weight is 315 g/mol. The first-order valence-corrected chi connectivity index (χ1v) is 7.14. The minimum Gasteiger partial charge on any atom is -0.454 e. The molecule has 18 heavy (non-hydrogen) atoms. The Labute approximate surface area is 117 Å². The molecule has 0 N–H and O–H groups in total. The van der Waals surface area contributed by atoms with E-state index < -0.39 is 0 Å². The Hall–Kier alpha value is -0.740. The van der Waals surface area contributed by atoms with E-state index >= 15 is 0 Å². The van der Waals surface area contributed by atoms with Crippen molar-refractivity contribution in [1.29, 1.82) is 0 Å². The van der Waals surface area contributed by atoms with Gasteiger partial charge in [-0.05, 0) is 30.5 Å². The fraction of sp³-hybridized carbons (Fsp3) is 0.571. The van der Waals surface area contributed by atoms with Crippen LogP contribution in [0.2, 0.25) is 0 Å². The zero-order valence-corrected chi connectivity index (χ0v) is 12.6. The van der Waals surface area contributed by atoms with Crippen LogP contribution in [-0.4, -0.2) is 18.2 Å². The minimum absolute atomic E-state index is 0.0295. The van der Waals surface area contributed by atoms with E-state index in [0.29, 0.717) is 12.7 Å². The van der Waals surface area contributed by atoms with Gasteiger partial charge in [0.2, 0.25) is 6.79 Å². The zero-order valence-electron chi connectivity index (χ0n) is 11.0. The van der Waals surface area contributed by atoms with Crippen LogP contribution in [0.4, 0.5) is 0 Å². The first-order chi connectivity index (χ1) is 8.58. The molecule has 1 aromatic carbocycles. The lowest BCUT2D eigenvalue weighted by molar-refractivity contribution is 0.0372. The number of hydrogen-bond donors (Lipinski definition) is 0. The summed E-state index contributed by atoms with van der Waals surface area (Å²) in [5, 5.41) is 0. The number of hydrogen-bond acceptors (Lipinski definition) is 3. The van der Waals surface area contributed by atoms with Crippen LogP contribution in [0.5, 0.6) is 11.5 Å². The second-order valence-electron chi connectivity index (χ2n) is 4.94. The third-order valence-electron chi connectivity index (χ3n) is 2.75. The average Bonchev–Trinajstić information content (AvgIpc) is 2.75. The Morgan fingerprint density at radius 1 is 1.22 bits per heavy atom. The summed E-state index contributed by atoms with van der Waals surface area (Å²) in [5.74, 6) is 2.13. The van der Waals surface area contributed by atoms with E-state index in [9.17, 15) is 0 Å².